The number of nitrogens with zero attached hydrogens (tertiary/aromatic N) is 2. The molecule has 0 spiro atoms. The smallest absolute Gasteiger partial charge is 0.414 e. The van der Waals surface area contributed by atoms with Crippen LogP contribution in [0.25, 0.3) is 16.6 Å². The zero-order chi connectivity index (χ0) is 23.3. The number of nitrogens with one attached hydrogen (secondary N) is 1. The summed E-state index contributed by atoms with van der Waals surface area (Å²) >= 11 is 0. The molecule has 180 valence electrons. The molecule has 2 aromatic carbocycles. The Morgan fingerprint density at radius 2 is 1.82 bits per heavy atom. The van der Waals surface area contributed by atoms with Crippen LogP contribution in [0.1, 0.15) is 51.9 Å². The van der Waals surface area contributed by atoms with Crippen LogP contribution >= 0.6 is 0 Å². The minimum atomic E-state index is -0.386. The van der Waals surface area contributed by atoms with Gasteiger partial charge in [0.15, 0.2) is 0 Å². The highest BCUT2D eigenvalue weighted by Gasteiger charge is 2.21. The maximum absolute atomic E-state index is 12.6. The molecule has 1 aliphatic heterocycles. The van der Waals surface area contributed by atoms with E-state index < -0.39 is 0 Å². The van der Waals surface area contributed by atoms with E-state index in [0.717, 1.165) is 61.0 Å². The van der Waals surface area contributed by atoms with Crippen LogP contribution in [0, 0.1) is 0 Å². The van der Waals surface area contributed by atoms with Crippen LogP contribution < -0.4 is 14.8 Å². The molecule has 1 aromatic heterocycles. The molecule has 0 bridgehead atoms. The molecule has 1 atom stereocenters. The van der Waals surface area contributed by atoms with E-state index in [2.05, 4.69) is 17.1 Å². The third-order valence-electron chi connectivity index (χ3n) is 7.20. The number of aromatic nitrogens is 1. The van der Waals surface area contributed by atoms with Gasteiger partial charge in [0.1, 0.15) is 5.75 Å². The van der Waals surface area contributed by atoms with Crippen LogP contribution in [0.2, 0.25) is 0 Å². The topological polar surface area (TPSA) is 55.7 Å². The molecule has 0 unspecified atom stereocenters. The normalized spacial score (nSPS) is 19.0. The van der Waals surface area contributed by atoms with Crippen molar-refractivity contribution in [1.82, 2.24) is 14.8 Å². The summed E-state index contributed by atoms with van der Waals surface area (Å²) < 4.78 is 13.8. The van der Waals surface area contributed by atoms with Crippen molar-refractivity contribution in [3.63, 3.8) is 0 Å². The maximum atomic E-state index is 12.6. The number of para-hydroxylation sites is 1. The minimum absolute atomic E-state index is 0.218. The zero-order valence-electron chi connectivity index (χ0n) is 20.0. The van der Waals surface area contributed by atoms with Crippen LogP contribution in [-0.2, 0) is 0 Å². The fourth-order valence-electron chi connectivity index (χ4n) is 5.31. The second-order valence-electron chi connectivity index (χ2n) is 9.62. The number of benzene rings is 2. The van der Waals surface area contributed by atoms with Crippen molar-refractivity contribution in [3.05, 3.63) is 54.6 Å². The third kappa shape index (κ3) is 5.22. The molecule has 1 aliphatic carbocycles. The van der Waals surface area contributed by atoms with E-state index in [-0.39, 0.29) is 12.1 Å². The molecule has 0 radical (unpaired) electrons. The standard InChI is InChI=1S/C28H35N3O3/c1-21-8-6-17-30(21)18-7-19-33-25-15-13-24(14-16-25)31-26-12-5-2-9-22(26)20-27(31)34-28(32)29-23-10-3-4-11-23/h2,5,9,12-16,20-21,23H,3-4,6-8,10-11,17-19H2,1H3,(H,29,32)/t21-/m1/s1. The summed E-state index contributed by atoms with van der Waals surface area (Å²) in [5.74, 6) is 1.38. The molecule has 1 saturated carbocycles. The molecular formula is C28H35N3O3. The van der Waals surface area contributed by atoms with Gasteiger partial charge >= 0.3 is 6.09 Å². The summed E-state index contributed by atoms with van der Waals surface area (Å²) in [6.45, 7) is 5.33. The van der Waals surface area contributed by atoms with Gasteiger partial charge in [-0.15, -0.1) is 0 Å². The van der Waals surface area contributed by atoms with Crippen LogP contribution in [0.15, 0.2) is 54.6 Å². The number of carbonyl (C=O) groups is 1. The first-order valence-corrected chi connectivity index (χ1v) is 12.7. The number of carbonyl (C=O) groups excluding carboxylic acids is 1. The third-order valence-corrected chi connectivity index (χ3v) is 7.20. The summed E-state index contributed by atoms with van der Waals surface area (Å²) in [6, 6.07) is 18.9. The van der Waals surface area contributed by atoms with E-state index in [9.17, 15) is 4.79 Å². The molecule has 1 saturated heterocycles. The number of fused-ring (bicyclic) bond motifs is 1. The van der Waals surface area contributed by atoms with E-state index in [4.69, 9.17) is 9.47 Å². The Hall–Kier alpha value is -2.99. The van der Waals surface area contributed by atoms with Gasteiger partial charge in [0.2, 0.25) is 5.88 Å². The van der Waals surface area contributed by atoms with Crippen molar-refractivity contribution in [2.45, 2.75) is 64.0 Å². The van der Waals surface area contributed by atoms with Gasteiger partial charge in [0.05, 0.1) is 12.1 Å². The van der Waals surface area contributed by atoms with Gasteiger partial charge in [-0.2, -0.15) is 0 Å². The number of amides is 1. The number of ether oxygens (including phenoxy) is 2. The van der Waals surface area contributed by atoms with E-state index in [1.54, 1.807) is 0 Å². The Balaban J connectivity index is 1.26. The van der Waals surface area contributed by atoms with Gasteiger partial charge in [-0.05, 0) is 75.9 Å². The predicted molar refractivity (Wildman–Crippen MR) is 135 cm³/mol. The Labute approximate surface area is 201 Å². The van der Waals surface area contributed by atoms with Gasteiger partial charge in [-0.3, -0.25) is 4.57 Å². The van der Waals surface area contributed by atoms with Gasteiger partial charge in [-0.1, -0.05) is 31.0 Å². The lowest BCUT2D eigenvalue weighted by Gasteiger charge is -2.20. The van der Waals surface area contributed by atoms with Crippen molar-refractivity contribution in [2.24, 2.45) is 0 Å². The van der Waals surface area contributed by atoms with Crippen molar-refractivity contribution >= 4 is 17.0 Å². The molecular weight excluding hydrogens is 426 g/mol. The summed E-state index contributed by atoms with van der Waals surface area (Å²) in [5, 5.41) is 4.04. The van der Waals surface area contributed by atoms with Crippen LogP contribution in [0.3, 0.4) is 0 Å². The van der Waals surface area contributed by atoms with Crippen molar-refractivity contribution < 1.29 is 14.3 Å². The first-order chi connectivity index (χ1) is 16.7. The second kappa shape index (κ2) is 10.5. The summed E-state index contributed by atoms with van der Waals surface area (Å²) in [7, 11) is 0. The molecule has 2 fully saturated rings. The van der Waals surface area contributed by atoms with Crippen molar-refractivity contribution in [3.8, 4) is 17.3 Å². The average Bonchev–Trinajstić information content (AvgIpc) is 3.58. The average molecular weight is 462 g/mol. The number of hydrogen-bond acceptors (Lipinski definition) is 4. The van der Waals surface area contributed by atoms with Crippen molar-refractivity contribution in [2.75, 3.05) is 19.7 Å². The monoisotopic (exact) mass is 461 g/mol. The molecule has 2 heterocycles. The lowest BCUT2D eigenvalue weighted by atomic mass is 10.2. The highest BCUT2D eigenvalue weighted by molar-refractivity contribution is 5.85. The highest BCUT2D eigenvalue weighted by Crippen LogP contribution is 2.31. The van der Waals surface area contributed by atoms with Crippen molar-refractivity contribution in [1.29, 1.82) is 0 Å². The summed E-state index contributed by atoms with van der Waals surface area (Å²) in [4.78, 5) is 15.1. The molecule has 5 rings (SSSR count). The Morgan fingerprint density at radius 3 is 2.59 bits per heavy atom. The number of likely N-dealkylation sites (tertiary alicyclic amines) is 1. The number of hydrogen-bond donors (Lipinski definition) is 1. The Kier molecular flexibility index (Phi) is 7.05. The van der Waals surface area contributed by atoms with Crippen LogP contribution in [0.5, 0.6) is 11.6 Å². The lowest BCUT2D eigenvalue weighted by Crippen LogP contribution is -2.35. The van der Waals surface area contributed by atoms with Crippen LogP contribution in [0.4, 0.5) is 4.79 Å². The van der Waals surface area contributed by atoms with E-state index >= 15 is 0 Å². The molecule has 1 N–H and O–H groups in total. The molecule has 6 nitrogen and oxygen atoms in total. The molecule has 6 heteroatoms. The predicted octanol–water partition coefficient (Wildman–Crippen LogP) is 5.91. The lowest BCUT2D eigenvalue weighted by molar-refractivity contribution is 0.193. The molecule has 1 amide bonds. The molecule has 34 heavy (non-hydrogen) atoms. The first kappa shape index (κ1) is 22.8. The Bertz CT molecular complexity index is 1100. The highest BCUT2D eigenvalue weighted by atomic mass is 16.6. The van der Waals surface area contributed by atoms with Crippen LogP contribution in [-0.4, -0.2) is 47.3 Å². The first-order valence-electron chi connectivity index (χ1n) is 12.7. The van der Waals surface area contributed by atoms with Gasteiger partial charge in [-0.25, -0.2) is 4.79 Å². The fourth-order valence-corrected chi connectivity index (χ4v) is 5.31. The minimum Gasteiger partial charge on any atom is -0.494 e. The fraction of sp³-hybridized carbons (Fsp3) is 0.464. The molecule has 2 aliphatic rings. The van der Waals surface area contributed by atoms with Gasteiger partial charge in [0.25, 0.3) is 0 Å². The zero-order valence-corrected chi connectivity index (χ0v) is 20.0. The second-order valence-corrected chi connectivity index (χ2v) is 9.62. The summed E-state index contributed by atoms with van der Waals surface area (Å²) in [6.07, 6.45) is 7.64. The van der Waals surface area contributed by atoms with E-state index in [0.29, 0.717) is 18.5 Å². The largest absolute Gasteiger partial charge is 0.494 e. The van der Waals surface area contributed by atoms with E-state index in [1.807, 2.05) is 59.2 Å². The van der Waals surface area contributed by atoms with Gasteiger partial charge < -0.3 is 19.7 Å². The SMILES string of the molecule is C[C@@H]1CCCN1CCCOc1ccc(-n2c(OC(=O)NC3CCCC3)cc3ccccc32)cc1. The summed E-state index contributed by atoms with van der Waals surface area (Å²) in [5.41, 5.74) is 1.93. The van der Waals surface area contributed by atoms with E-state index in [1.165, 1.54) is 19.4 Å². The number of rotatable bonds is 8. The van der Waals surface area contributed by atoms with Gasteiger partial charge in [0, 0.05) is 35.8 Å². The Morgan fingerprint density at radius 1 is 1.03 bits per heavy atom. The maximum Gasteiger partial charge on any atom is 0.414 e. The molecule has 3 aromatic rings. The quantitative estimate of drug-likeness (QED) is 0.424.